The van der Waals surface area contributed by atoms with Crippen LogP contribution in [0.4, 0.5) is 13.2 Å². The lowest BCUT2D eigenvalue weighted by Gasteiger charge is -2.08. The van der Waals surface area contributed by atoms with Gasteiger partial charge in [0.1, 0.15) is 5.75 Å². The fraction of sp³-hybridized carbons (Fsp3) is 0.211. The van der Waals surface area contributed by atoms with Crippen LogP contribution in [0, 0.1) is 6.92 Å². The summed E-state index contributed by atoms with van der Waals surface area (Å²) in [6, 6.07) is 10.6. The van der Waals surface area contributed by atoms with E-state index >= 15 is 0 Å². The van der Waals surface area contributed by atoms with Crippen LogP contribution in [0.15, 0.2) is 47.4 Å². The number of aromatic nitrogens is 2. The van der Waals surface area contributed by atoms with Crippen molar-refractivity contribution in [2.75, 3.05) is 13.4 Å². The van der Waals surface area contributed by atoms with E-state index in [1.165, 1.54) is 31.4 Å². The molecule has 0 spiro atoms. The number of aromatic amines is 1. The lowest BCUT2D eigenvalue weighted by atomic mass is 10.0. The van der Waals surface area contributed by atoms with Crippen LogP contribution < -0.4 is 4.74 Å². The molecule has 1 heterocycles. The number of benzene rings is 2. The van der Waals surface area contributed by atoms with Crippen LogP contribution in [0.5, 0.6) is 5.75 Å². The van der Waals surface area contributed by atoms with Crippen molar-refractivity contribution < 1.29 is 26.3 Å². The third kappa shape index (κ3) is 3.89. The van der Waals surface area contributed by atoms with Gasteiger partial charge in [0.2, 0.25) is 5.82 Å². The second-order valence-electron chi connectivity index (χ2n) is 6.29. The quantitative estimate of drug-likeness (QED) is 0.688. The maximum absolute atomic E-state index is 13.2. The number of ether oxygens (including phenoxy) is 1. The molecule has 0 saturated heterocycles. The van der Waals surface area contributed by atoms with Gasteiger partial charge < -0.3 is 9.72 Å². The predicted octanol–water partition coefficient (Wildman–Crippen LogP) is 4.48. The van der Waals surface area contributed by atoms with Gasteiger partial charge >= 0.3 is 6.18 Å². The van der Waals surface area contributed by atoms with Crippen molar-refractivity contribution in [1.29, 1.82) is 0 Å². The Labute approximate surface area is 160 Å². The highest BCUT2D eigenvalue weighted by molar-refractivity contribution is 7.90. The molecule has 28 heavy (non-hydrogen) atoms. The number of methoxy groups -OCH3 is 1. The lowest BCUT2D eigenvalue weighted by Crippen LogP contribution is -2.07. The molecule has 0 atom stereocenters. The highest BCUT2D eigenvalue weighted by Gasteiger charge is 2.36. The van der Waals surface area contributed by atoms with Crippen LogP contribution in [-0.2, 0) is 16.0 Å². The Bertz CT molecular complexity index is 1120. The van der Waals surface area contributed by atoms with E-state index in [1.54, 1.807) is 25.1 Å². The van der Waals surface area contributed by atoms with Crippen molar-refractivity contribution in [3.8, 4) is 28.3 Å². The van der Waals surface area contributed by atoms with Gasteiger partial charge in [-0.2, -0.15) is 13.2 Å². The first-order valence-corrected chi connectivity index (χ1v) is 10.0. The van der Waals surface area contributed by atoms with Gasteiger partial charge in [-0.1, -0.05) is 12.1 Å². The molecule has 0 aliphatic rings. The molecule has 2 aromatic carbocycles. The Hall–Kier alpha value is -2.81. The van der Waals surface area contributed by atoms with E-state index in [-0.39, 0.29) is 16.3 Å². The van der Waals surface area contributed by atoms with E-state index in [4.69, 9.17) is 4.74 Å². The second kappa shape index (κ2) is 6.97. The third-order valence-electron chi connectivity index (χ3n) is 4.21. The summed E-state index contributed by atoms with van der Waals surface area (Å²) in [6.07, 6.45) is -3.59. The second-order valence-corrected chi connectivity index (χ2v) is 8.30. The number of imidazole rings is 1. The molecular formula is C19H17F3N2O3S. The number of H-pyrrole nitrogens is 1. The van der Waals surface area contributed by atoms with Crippen LogP contribution in [-0.4, -0.2) is 31.8 Å². The summed E-state index contributed by atoms with van der Waals surface area (Å²) < 4.78 is 68.1. The van der Waals surface area contributed by atoms with Crippen molar-refractivity contribution in [3.05, 3.63) is 53.9 Å². The molecule has 9 heteroatoms. The molecule has 0 bridgehead atoms. The zero-order chi connectivity index (χ0) is 20.7. The molecule has 0 unspecified atom stereocenters. The first kappa shape index (κ1) is 19.9. The molecule has 0 fully saturated rings. The Kier molecular flexibility index (Phi) is 4.97. The minimum Gasteiger partial charge on any atom is -0.496 e. The summed E-state index contributed by atoms with van der Waals surface area (Å²) in [5.41, 5.74) is 1.88. The average molecular weight is 410 g/mol. The standard InChI is InChI=1S/C19H17F3N2O3S/c1-11-10-13(6-9-15(11)27-2)17-16(23-18(24-17)19(20,21)22)12-4-7-14(8-5-12)28(3,25)26/h4-10H,1-3H3,(H,23,24). The maximum Gasteiger partial charge on any atom is 0.449 e. The summed E-state index contributed by atoms with van der Waals surface area (Å²) in [6.45, 7) is 1.78. The van der Waals surface area contributed by atoms with Gasteiger partial charge in [0.05, 0.1) is 23.4 Å². The number of alkyl halides is 3. The van der Waals surface area contributed by atoms with Crippen LogP contribution in [0.3, 0.4) is 0 Å². The minimum atomic E-state index is -4.65. The Morgan fingerprint density at radius 1 is 1.04 bits per heavy atom. The van der Waals surface area contributed by atoms with Gasteiger partial charge in [-0.05, 0) is 42.8 Å². The van der Waals surface area contributed by atoms with E-state index in [0.717, 1.165) is 11.8 Å². The smallest absolute Gasteiger partial charge is 0.449 e. The summed E-state index contributed by atoms with van der Waals surface area (Å²) in [5, 5.41) is 0. The summed E-state index contributed by atoms with van der Waals surface area (Å²) in [4.78, 5) is 6.16. The summed E-state index contributed by atoms with van der Waals surface area (Å²) in [5.74, 6) is -0.521. The van der Waals surface area contributed by atoms with Crippen molar-refractivity contribution >= 4 is 9.84 Å². The maximum atomic E-state index is 13.2. The number of nitrogens with one attached hydrogen (secondary N) is 1. The van der Waals surface area contributed by atoms with E-state index in [2.05, 4.69) is 9.97 Å². The first-order valence-electron chi connectivity index (χ1n) is 8.13. The number of nitrogens with zero attached hydrogens (tertiary/aromatic N) is 1. The fourth-order valence-electron chi connectivity index (χ4n) is 2.82. The van der Waals surface area contributed by atoms with Gasteiger partial charge in [0.15, 0.2) is 9.84 Å². The van der Waals surface area contributed by atoms with Crippen molar-refractivity contribution in [2.24, 2.45) is 0 Å². The highest BCUT2D eigenvalue weighted by Crippen LogP contribution is 2.37. The fourth-order valence-corrected chi connectivity index (χ4v) is 3.45. The molecule has 5 nitrogen and oxygen atoms in total. The average Bonchev–Trinajstić information content (AvgIpc) is 3.07. The topological polar surface area (TPSA) is 72.0 Å². The Morgan fingerprint density at radius 2 is 1.64 bits per heavy atom. The van der Waals surface area contributed by atoms with Gasteiger partial charge in [0.25, 0.3) is 0 Å². The van der Waals surface area contributed by atoms with Crippen molar-refractivity contribution in [2.45, 2.75) is 18.0 Å². The number of aryl methyl sites for hydroxylation is 1. The van der Waals surface area contributed by atoms with Crippen molar-refractivity contribution in [3.63, 3.8) is 0 Å². The van der Waals surface area contributed by atoms with Crippen LogP contribution >= 0.6 is 0 Å². The Balaban J connectivity index is 2.18. The van der Waals surface area contributed by atoms with Crippen molar-refractivity contribution in [1.82, 2.24) is 9.97 Å². The minimum absolute atomic E-state index is 0.0775. The monoisotopic (exact) mass is 410 g/mol. The van der Waals surface area contributed by atoms with E-state index in [9.17, 15) is 21.6 Å². The van der Waals surface area contributed by atoms with E-state index in [1.807, 2.05) is 0 Å². The largest absolute Gasteiger partial charge is 0.496 e. The predicted molar refractivity (Wildman–Crippen MR) is 98.9 cm³/mol. The molecule has 1 N–H and O–H groups in total. The molecule has 148 valence electrons. The molecule has 1 aromatic heterocycles. The number of hydrogen-bond acceptors (Lipinski definition) is 4. The first-order chi connectivity index (χ1) is 13.0. The SMILES string of the molecule is COc1ccc(-c2nc(C(F)(F)F)[nH]c2-c2ccc(S(C)(=O)=O)cc2)cc1C. The highest BCUT2D eigenvalue weighted by atomic mass is 32.2. The molecular weight excluding hydrogens is 393 g/mol. The third-order valence-corrected chi connectivity index (χ3v) is 5.34. The van der Waals surface area contributed by atoms with Gasteiger partial charge in [-0.25, -0.2) is 13.4 Å². The lowest BCUT2D eigenvalue weighted by molar-refractivity contribution is -0.144. The van der Waals surface area contributed by atoms with Gasteiger partial charge in [-0.15, -0.1) is 0 Å². The van der Waals surface area contributed by atoms with Gasteiger partial charge in [0, 0.05) is 17.4 Å². The van der Waals surface area contributed by atoms with Crippen LogP contribution in [0.1, 0.15) is 11.4 Å². The summed E-state index contributed by atoms with van der Waals surface area (Å²) >= 11 is 0. The molecule has 0 radical (unpaired) electrons. The number of hydrogen-bond donors (Lipinski definition) is 1. The number of halogens is 3. The molecule has 3 aromatic rings. The van der Waals surface area contributed by atoms with Gasteiger partial charge in [-0.3, -0.25) is 0 Å². The van der Waals surface area contributed by atoms with E-state index < -0.39 is 21.8 Å². The van der Waals surface area contributed by atoms with E-state index in [0.29, 0.717) is 16.9 Å². The zero-order valence-corrected chi connectivity index (χ0v) is 16.1. The normalized spacial score (nSPS) is 12.2. The number of rotatable bonds is 4. The van der Waals surface area contributed by atoms with Crippen LogP contribution in [0.2, 0.25) is 0 Å². The van der Waals surface area contributed by atoms with Crippen LogP contribution in [0.25, 0.3) is 22.5 Å². The molecule has 0 amide bonds. The molecule has 0 saturated carbocycles. The Morgan fingerprint density at radius 3 is 2.14 bits per heavy atom. The molecule has 0 aliphatic heterocycles. The molecule has 0 aliphatic carbocycles. The summed E-state index contributed by atoms with van der Waals surface area (Å²) in [7, 11) is -1.91. The zero-order valence-electron chi connectivity index (χ0n) is 15.3. The molecule has 3 rings (SSSR count). The number of sulfone groups is 1.